The Morgan fingerprint density at radius 1 is 1.26 bits per heavy atom. The first-order chi connectivity index (χ1) is 13.1. The summed E-state index contributed by atoms with van der Waals surface area (Å²) in [6.07, 6.45) is 1.94. The maximum absolute atomic E-state index is 14.8. The van der Waals surface area contributed by atoms with Gasteiger partial charge in [0.15, 0.2) is 6.54 Å². The molecular weight excluding hydrogens is 363 g/mol. The van der Waals surface area contributed by atoms with Crippen molar-refractivity contribution in [3.8, 4) is 5.75 Å². The zero-order valence-electron chi connectivity index (χ0n) is 15.6. The standard InChI is InChI=1S/C21H24FN2O2S/c1-3-15-5-7-16(8-6-15)23-14-21(25,24-11-4-12-27-20(23)24)18-10-9-17(26-2)13-19(18)22/h5-10,13,25H,3-4,11-12,14H2,1-2H3/q+1/t21-/m0/s1. The fourth-order valence-electron chi connectivity index (χ4n) is 3.79. The number of anilines is 1. The van der Waals surface area contributed by atoms with Crippen molar-refractivity contribution in [2.75, 3.05) is 30.9 Å². The second kappa shape index (κ2) is 7.17. The number of aliphatic hydroxyl groups is 1. The van der Waals surface area contributed by atoms with E-state index in [1.165, 1.54) is 18.7 Å². The number of thioether (sulfide) groups is 1. The number of amidine groups is 1. The van der Waals surface area contributed by atoms with Crippen LogP contribution in [0.1, 0.15) is 24.5 Å². The van der Waals surface area contributed by atoms with Crippen LogP contribution in [0.4, 0.5) is 10.1 Å². The first-order valence-corrected chi connectivity index (χ1v) is 10.3. The molecule has 2 aliphatic rings. The van der Waals surface area contributed by atoms with Crippen molar-refractivity contribution in [3.63, 3.8) is 0 Å². The van der Waals surface area contributed by atoms with Crippen molar-refractivity contribution in [1.29, 1.82) is 0 Å². The Labute approximate surface area is 163 Å². The summed E-state index contributed by atoms with van der Waals surface area (Å²) in [6, 6.07) is 13.0. The summed E-state index contributed by atoms with van der Waals surface area (Å²) in [7, 11) is 1.51. The lowest BCUT2D eigenvalue weighted by molar-refractivity contribution is -0.657. The molecule has 4 nitrogen and oxygen atoms in total. The molecule has 2 aromatic rings. The first-order valence-electron chi connectivity index (χ1n) is 9.27. The van der Waals surface area contributed by atoms with E-state index in [9.17, 15) is 9.50 Å². The van der Waals surface area contributed by atoms with E-state index in [2.05, 4.69) is 36.1 Å². The van der Waals surface area contributed by atoms with Gasteiger partial charge in [0.2, 0.25) is 0 Å². The number of ether oxygens (including phenoxy) is 1. The Balaban J connectivity index is 1.77. The highest BCUT2D eigenvalue weighted by atomic mass is 32.2. The lowest BCUT2D eigenvalue weighted by Crippen LogP contribution is -2.42. The van der Waals surface area contributed by atoms with Crippen molar-refractivity contribution in [1.82, 2.24) is 0 Å². The van der Waals surface area contributed by atoms with Crippen molar-refractivity contribution in [3.05, 3.63) is 59.4 Å². The molecule has 2 aromatic carbocycles. The Hall–Kier alpha value is -2.05. The number of halogens is 1. The minimum absolute atomic E-state index is 0.288. The molecule has 0 saturated heterocycles. The maximum atomic E-state index is 14.8. The van der Waals surface area contributed by atoms with E-state index >= 15 is 0 Å². The van der Waals surface area contributed by atoms with Crippen LogP contribution in [0.15, 0.2) is 42.5 Å². The molecule has 27 heavy (non-hydrogen) atoms. The fraction of sp³-hybridized carbons (Fsp3) is 0.381. The van der Waals surface area contributed by atoms with Gasteiger partial charge in [-0.25, -0.2) is 13.9 Å². The van der Waals surface area contributed by atoms with Crippen LogP contribution in [0.2, 0.25) is 0 Å². The van der Waals surface area contributed by atoms with Crippen molar-refractivity contribution in [2.24, 2.45) is 0 Å². The van der Waals surface area contributed by atoms with Crippen LogP contribution >= 0.6 is 11.8 Å². The fourth-order valence-corrected chi connectivity index (χ4v) is 4.97. The number of rotatable bonds is 4. The van der Waals surface area contributed by atoms with Crippen LogP contribution in [-0.4, -0.2) is 40.8 Å². The van der Waals surface area contributed by atoms with E-state index in [4.69, 9.17) is 4.74 Å². The van der Waals surface area contributed by atoms with Gasteiger partial charge in [-0.3, -0.25) is 0 Å². The molecule has 0 bridgehead atoms. The van der Waals surface area contributed by atoms with E-state index in [0.29, 0.717) is 18.8 Å². The molecule has 2 aliphatic heterocycles. The summed E-state index contributed by atoms with van der Waals surface area (Å²) >= 11 is 1.72. The number of benzene rings is 2. The minimum Gasteiger partial charge on any atom is -0.497 e. The molecule has 0 spiro atoms. The van der Waals surface area contributed by atoms with Crippen LogP contribution in [0.3, 0.4) is 0 Å². The number of hydrogen-bond acceptors (Lipinski definition) is 4. The molecule has 0 radical (unpaired) electrons. The highest BCUT2D eigenvalue weighted by Crippen LogP contribution is 2.39. The molecular formula is C21H24FN2O2S+. The largest absolute Gasteiger partial charge is 0.497 e. The number of nitrogens with zero attached hydrogens (tertiary/aromatic N) is 2. The number of methoxy groups -OCH3 is 1. The number of aryl methyl sites for hydroxylation is 1. The second-order valence-electron chi connectivity index (χ2n) is 6.90. The molecule has 142 valence electrons. The summed E-state index contributed by atoms with van der Waals surface area (Å²) in [5, 5.41) is 12.6. The van der Waals surface area contributed by atoms with Gasteiger partial charge in [-0.1, -0.05) is 19.1 Å². The van der Waals surface area contributed by atoms with Crippen molar-refractivity contribution >= 4 is 22.6 Å². The predicted octanol–water partition coefficient (Wildman–Crippen LogP) is 3.57. The summed E-state index contributed by atoms with van der Waals surface area (Å²) in [4.78, 5) is 2.10. The van der Waals surface area contributed by atoms with Crippen molar-refractivity contribution < 1.29 is 18.8 Å². The maximum Gasteiger partial charge on any atom is 0.316 e. The smallest absolute Gasteiger partial charge is 0.316 e. The monoisotopic (exact) mass is 387 g/mol. The van der Waals surface area contributed by atoms with Crippen LogP contribution in [-0.2, 0) is 12.1 Å². The molecule has 0 aliphatic carbocycles. The predicted molar refractivity (Wildman–Crippen MR) is 107 cm³/mol. The quantitative estimate of drug-likeness (QED) is 0.814. The SMILES string of the molecule is CCc1ccc(N2C[C@](O)(c3ccc(OC)cc3F)[N+]3=C2SCCC3)cc1. The Bertz CT molecular complexity index is 884. The van der Waals surface area contributed by atoms with Crippen LogP contribution in [0.5, 0.6) is 5.75 Å². The molecule has 6 heteroatoms. The van der Waals surface area contributed by atoms with E-state index in [-0.39, 0.29) is 5.56 Å². The minimum atomic E-state index is -1.40. The zero-order valence-corrected chi connectivity index (χ0v) is 16.4. The molecule has 1 atom stereocenters. The lowest BCUT2D eigenvalue weighted by Gasteiger charge is -2.24. The third-order valence-corrected chi connectivity index (χ3v) is 6.50. The third-order valence-electron chi connectivity index (χ3n) is 5.31. The molecule has 0 saturated carbocycles. The molecule has 0 fully saturated rings. The second-order valence-corrected chi connectivity index (χ2v) is 7.97. The van der Waals surface area contributed by atoms with Gasteiger partial charge in [-0.05, 0) is 54.4 Å². The van der Waals surface area contributed by atoms with Crippen LogP contribution in [0, 0.1) is 5.82 Å². The van der Waals surface area contributed by atoms with Gasteiger partial charge in [0.1, 0.15) is 17.3 Å². The van der Waals surface area contributed by atoms with Gasteiger partial charge in [-0.2, -0.15) is 0 Å². The molecule has 0 amide bonds. The Morgan fingerprint density at radius 2 is 2.04 bits per heavy atom. The van der Waals surface area contributed by atoms with Gasteiger partial charge in [0, 0.05) is 11.8 Å². The van der Waals surface area contributed by atoms with Crippen LogP contribution < -0.4 is 9.64 Å². The normalized spacial score (nSPS) is 22.1. The van der Waals surface area contributed by atoms with E-state index < -0.39 is 11.5 Å². The van der Waals surface area contributed by atoms with E-state index in [1.54, 1.807) is 23.9 Å². The topological polar surface area (TPSA) is 35.7 Å². The lowest BCUT2D eigenvalue weighted by atomic mass is 10.0. The van der Waals surface area contributed by atoms with E-state index in [0.717, 1.165) is 29.4 Å². The summed E-state index contributed by atoms with van der Waals surface area (Å²) in [5.74, 6) is 0.994. The van der Waals surface area contributed by atoms with Gasteiger partial charge < -0.3 is 9.84 Å². The highest BCUT2D eigenvalue weighted by molar-refractivity contribution is 8.13. The summed E-state index contributed by atoms with van der Waals surface area (Å²) in [5.41, 5.74) is 1.18. The van der Waals surface area contributed by atoms with E-state index in [1.807, 2.05) is 4.58 Å². The van der Waals surface area contributed by atoms with Crippen molar-refractivity contribution in [2.45, 2.75) is 25.5 Å². The first kappa shape index (κ1) is 18.3. The highest BCUT2D eigenvalue weighted by Gasteiger charge is 2.54. The summed E-state index contributed by atoms with van der Waals surface area (Å²) in [6.45, 7) is 3.13. The number of β-amino-alcohol motifs (C(OH)–C–C–N with tert-alkyl or cyclic N) is 1. The van der Waals surface area contributed by atoms with Gasteiger partial charge >= 0.3 is 5.17 Å². The average molecular weight is 388 g/mol. The molecule has 0 aromatic heterocycles. The third kappa shape index (κ3) is 3.11. The average Bonchev–Trinajstić information content (AvgIpc) is 3.02. The Morgan fingerprint density at radius 3 is 2.70 bits per heavy atom. The number of hydrogen-bond donors (Lipinski definition) is 1. The van der Waals surface area contributed by atoms with Gasteiger partial charge in [0.25, 0.3) is 5.72 Å². The zero-order chi connectivity index (χ0) is 19.0. The summed E-state index contributed by atoms with van der Waals surface area (Å²) < 4.78 is 21.9. The van der Waals surface area contributed by atoms with Gasteiger partial charge in [-0.15, -0.1) is 0 Å². The molecule has 0 unspecified atom stereocenters. The van der Waals surface area contributed by atoms with Crippen LogP contribution in [0.25, 0.3) is 0 Å². The molecule has 4 rings (SSSR count). The molecule has 1 N–H and O–H groups in total. The Kier molecular flexibility index (Phi) is 4.86. The van der Waals surface area contributed by atoms with Gasteiger partial charge in [0.05, 0.1) is 19.2 Å². The molecule has 2 heterocycles.